The Labute approximate surface area is 114 Å². The van der Waals surface area contributed by atoms with Gasteiger partial charge < -0.3 is 5.32 Å². The topological polar surface area (TPSA) is 29.1 Å². The number of carbonyl (C=O) groups is 1. The Bertz CT molecular complexity index is 507. The molecule has 0 saturated heterocycles. The molecule has 2 aromatic rings. The number of carbonyl (C=O) groups excluding carboxylic acids is 1. The summed E-state index contributed by atoms with van der Waals surface area (Å²) in [5.41, 5.74) is 2.46. The number of rotatable bonds is 5. The second kappa shape index (κ2) is 6.74. The van der Waals surface area contributed by atoms with Crippen LogP contribution in [0.2, 0.25) is 0 Å². The Kier molecular flexibility index (Phi) is 4.73. The van der Waals surface area contributed by atoms with Crippen molar-refractivity contribution in [3.8, 4) is 0 Å². The van der Waals surface area contributed by atoms with Gasteiger partial charge in [0.25, 0.3) is 0 Å². The van der Waals surface area contributed by atoms with E-state index in [1.54, 1.807) is 6.92 Å². The quantitative estimate of drug-likeness (QED) is 0.868. The van der Waals surface area contributed by atoms with Crippen molar-refractivity contribution in [1.29, 1.82) is 0 Å². The molecule has 0 fully saturated rings. The summed E-state index contributed by atoms with van der Waals surface area (Å²) in [6.07, 6.45) is 1.87. The van der Waals surface area contributed by atoms with Gasteiger partial charge in [-0.15, -0.1) is 0 Å². The maximum absolute atomic E-state index is 11.3. The zero-order valence-electron chi connectivity index (χ0n) is 11.2. The molecule has 0 bridgehead atoms. The second-order valence-corrected chi connectivity index (χ2v) is 4.69. The van der Waals surface area contributed by atoms with Crippen LogP contribution < -0.4 is 5.32 Å². The monoisotopic (exact) mass is 253 g/mol. The summed E-state index contributed by atoms with van der Waals surface area (Å²) in [6.45, 7) is 1.57. The molecule has 0 saturated carbocycles. The molecule has 0 heterocycles. The van der Waals surface area contributed by atoms with Gasteiger partial charge in [0.15, 0.2) is 0 Å². The fourth-order valence-electron chi connectivity index (χ4n) is 2.21. The van der Waals surface area contributed by atoms with Gasteiger partial charge in [-0.25, -0.2) is 0 Å². The van der Waals surface area contributed by atoms with E-state index in [2.05, 4.69) is 29.6 Å². The summed E-state index contributed by atoms with van der Waals surface area (Å²) < 4.78 is 0. The van der Waals surface area contributed by atoms with Crippen molar-refractivity contribution >= 4 is 5.91 Å². The second-order valence-electron chi connectivity index (χ2n) is 4.69. The number of benzene rings is 2. The van der Waals surface area contributed by atoms with Crippen LogP contribution >= 0.6 is 0 Å². The molecule has 0 aliphatic rings. The first-order valence-corrected chi connectivity index (χ1v) is 6.61. The minimum absolute atomic E-state index is 0.0157. The lowest BCUT2D eigenvalue weighted by molar-refractivity contribution is -0.119. The number of nitrogens with one attached hydrogen (secondary N) is 1. The molecule has 0 spiro atoms. The first-order valence-electron chi connectivity index (χ1n) is 6.61. The van der Waals surface area contributed by atoms with Crippen LogP contribution in [0.3, 0.4) is 0 Å². The highest BCUT2D eigenvalue weighted by Crippen LogP contribution is 2.19. The van der Waals surface area contributed by atoms with Gasteiger partial charge in [-0.3, -0.25) is 4.79 Å². The van der Waals surface area contributed by atoms with Gasteiger partial charge in [-0.2, -0.15) is 0 Å². The fourth-order valence-corrected chi connectivity index (χ4v) is 2.21. The molecular formula is C17H19NO. The van der Waals surface area contributed by atoms with Crippen LogP contribution in [0.15, 0.2) is 60.7 Å². The Morgan fingerprint density at radius 2 is 1.58 bits per heavy atom. The van der Waals surface area contributed by atoms with Gasteiger partial charge in [0, 0.05) is 6.92 Å². The highest BCUT2D eigenvalue weighted by molar-refractivity contribution is 5.73. The van der Waals surface area contributed by atoms with Crippen molar-refractivity contribution < 1.29 is 4.79 Å². The smallest absolute Gasteiger partial charge is 0.217 e. The molecule has 2 nitrogen and oxygen atoms in total. The van der Waals surface area contributed by atoms with Crippen LogP contribution in [0.5, 0.6) is 0 Å². The maximum Gasteiger partial charge on any atom is 0.217 e. The van der Waals surface area contributed by atoms with Gasteiger partial charge >= 0.3 is 0 Å². The van der Waals surface area contributed by atoms with Gasteiger partial charge in [-0.05, 0) is 24.0 Å². The Balaban J connectivity index is 2.04. The highest BCUT2D eigenvalue weighted by atomic mass is 16.1. The predicted molar refractivity (Wildman–Crippen MR) is 77.8 cm³/mol. The summed E-state index contributed by atoms with van der Waals surface area (Å²) >= 11 is 0. The van der Waals surface area contributed by atoms with Crippen molar-refractivity contribution in [2.75, 3.05) is 0 Å². The molecule has 1 N–H and O–H groups in total. The molecule has 1 unspecified atom stereocenters. The van der Waals surface area contributed by atoms with E-state index in [1.165, 1.54) is 5.56 Å². The molecule has 2 rings (SSSR count). The van der Waals surface area contributed by atoms with Crippen molar-refractivity contribution in [3.05, 3.63) is 71.8 Å². The molecular weight excluding hydrogens is 234 g/mol. The highest BCUT2D eigenvalue weighted by Gasteiger charge is 2.12. The SMILES string of the molecule is CC(=O)NC(CCc1ccccc1)c1ccccc1. The summed E-state index contributed by atoms with van der Waals surface area (Å²) in [7, 11) is 0. The van der Waals surface area contributed by atoms with E-state index < -0.39 is 0 Å². The van der Waals surface area contributed by atoms with E-state index in [0.29, 0.717) is 0 Å². The van der Waals surface area contributed by atoms with E-state index >= 15 is 0 Å². The van der Waals surface area contributed by atoms with Gasteiger partial charge in [0.1, 0.15) is 0 Å². The van der Waals surface area contributed by atoms with Crippen molar-refractivity contribution in [3.63, 3.8) is 0 Å². The van der Waals surface area contributed by atoms with Crippen LogP contribution in [-0.2, 0) is 11.2 Å². The van der Waals surface area contributed by atoms with Crippen molar-refractivity contribution in [2.24, 2.45) is 0 Å². The first kappa shape index (κ1) is 13.3. The summed E-state index contributed by atoms with van der Waals surface area (Å²) in [5, 5.41) is 3.03. The van der Waals surface area contributed by atoms with Crippen LogP contribution in [0.1, 0.15) is 30.5 Å². The summed E-state index contributed by atoms with van der Waals surface area (Å²) in [5.74, 6) is 0.0157. The van der Waals surface area contributed by atoms with Crippen molar-refractivity contribution in [2.45, 2.75) is 25.8 Å². The minimum Gasteiger partial charge on any atom is -0.350 e. The third-order valence-electron chi connectivity index (χ3n) is 3.14. The van der Waals surface area contributed by atoms with Gasteiger partial charge in [0.2, 0.25) is 5.91 Å². The first-order chi connectivity index (χ1) is 9.25. The average molecular weight is 253 g/mol. The molecule has 0 aromatic heterocycles. The lowest BCUT2D eigenvalue weighted by atomic mass is 9.99. The Morgan fingerprint density at radius 3 is 2.16 bits per heavy atom. The average Bonchev–Trinajstić information content (AvgIpc) is 2.45. The summed E-state index contributed by atoms with van der Waals surface area (Å²) in [4.78, 5) is 11.3. The number of hydrogen-bond donors (Lipinski definition) is 1. The largest absolute Gasteiger partial charge is 0.350 e. The number of aryl methyl sites for hydroxylation is 1. The third-order valence-corrected chi connectivity index (χ3v) is 3.14. The van der Waals surface area contributed by atoms with E-state index in [9.17, 15) is 4.79 Å². The van der Waals surface area contributed by atoms with E-state index in [-0.39, 0.29) is 11.9 Å². The van der Waals surface area contributed by atoms with Crippen LogP contribution in [0.4, 0.5) is 0 Å². The zero-order chi connectivity index (χ0) is 13.5. The maximum atomic E-state index is 11.3. The zero-order valence-corrected chi connectivity index (χ0v) is 11.2. The molecule has 2 heteroatoms. The van der Waals surface area contributed by atoms with Crippen molar-refractivity contribution in [1.82, 2.24) is 5.32 Å². The molecule has 0 radical (unpaired) electrons. The Hall–Kier alpha value is -2.09. The molecule has 19 heavy (non-hydrogen) atoms. The van der Waals surface area contributed by atoms with Crippen LogP contribution in [-0.4, -0.2) is 5.91 Å². The summed E-state index contributed by atoms with van der Waals surface area (Å²) in [6, 6.07) is 20.6. The third kappa shape index (κ3) is 4.25. The van der Waals surface area contributed by atoms with E-state index in [0.717, 1.165) is 18.4 Å². The lowest BCUT2D eigenvalue weighted by Crippen LogP contribution is -2.26. The normalized spacial score (nSPS) is 11.8. The Morgan fingerprint density at radius 1 is 1.00 bits per heavy atom. The number of hydrogen-bond acceptors (Lipinski definition) is 1. The predicted octanol–water partition coefficient (Wildman–Crippen LogP) is 3.50. The van der Waals surface area contributed by atoms with Gasteiger partial charge in [0.05, 0.1) is 6.04 Å². The van der Waals surface area contributed by atoms with E-state index in [1.807, 2.05) is 36.4 Å². The van der Waals surface area contributed by atoms with Crippen LogP contribution in [0.25, 0.3) is 0 Å². The molecule has 1 atom stereocenters. The standard InChI is InChI=1S/C17H19NO/c1-14(19)18-17(16-10-6-3-7-11-16)13-12-15-8-4-2-5-9-15/h2-11,17H,12-13H2,1H3,(H,18,19). The molecule has 0 aliphatic carbocycles. The minimum atomic E-state index is 0.0157. The molecule has 2 aromatic carbocycles. The van der Waals surface area contributed by atoms with E-state index in [4.69, 9.17) is 0 Å². The molecule has 1 amide bonds. The van der Waals surface area contributed by atoms with Crippen LogP contribution in [0, 0.1) is 0 Å². The number of amides is 1. The van der Waals surface area contributed by atoms with Gasteiger partial charge in [-0.1, -0.05) is 60.7 Å². The molecule has 98 valence electrons. The fraction of sp³-hybridized carbons (Fsp3) is 0.235. The molecule has 0 aliphatic heterocycles. The lowest BCUT2D eigenvalue weighted by Gasteiger charge is -2.18.